The van der Waals surface area contributed by atoms with Crippen LogP contribution in [0.1, 0.15) is 31.5 Å². The van der Waals surface area contributed by atoms with Crippen LogP contribution in [0.3, 0.4) is 0 Å². The van der Waals surface area contributed by atoms with Gasteiger partial charge in [-0.1, -0.05) is 20.8 Å². The molecule has 3 heteroatoms. The lowest BCUT2D eigenvalue weighted by atomic mass is 9.93. The summed E-state index contributed by atoms with van der Waals surface area (Å²) in [4.78, 5) is 4.14. The summed E-state index contributed by atoms with van der Waals surface area (Å²) in [5.41, 5.74) is 1.03. The first-order valence-corrected chi connectivity index (χ1v) is 4.43. The zero-order valence-electron chi connectivity index (χ0n) is 7.02. The summed E-state index contributed by atoms with van der Waals surface area (Å²) in [5.74, 6) is 0. The molecule has 1 aromatic rings. The van der Waals surface area contributed by atoms with Gasteiger partial charge in [0.05, 0.1) is 5.69 Å². The summed E-state index contributed by atoms with van der Waals surface area (Å²) in [5, 5.41) is 2.50. The van der Waals surface area contributed by atoms with Gasteiger partial charge in [0, 0.05) is 10.8 Å². The number of hydrogen-bond acceptors (Lipinski definition) is 2. The average Bonchev–Trinajstić information content (AvgIpc) is 2.32. The zero-order valence-corrected chi connectivity index (χ0v) is 7.83. The largest absolute Gasteiger partial charge is 0.243 e. The van der Waals surface area contributed by atoms with Crippen molar-refractivity contribution in [3.05, 3.63) is 16.1 Å². The van der Waals surface area contributed by atoms with Crippen molar-refractivity contribution in [3.8, 4) is 0 Å². The maximum absolute atomic E-state index is 12.1. The van der Waals surface area contributed by atoms with Gasteiger partial charge in [0.25, 0.3) is 0 Å². The highest BCUT2D eigenvalue weighted by atomic mass is 32.1. The first kappa shape index (κ1) is 8.65. The van der Waals surface area contributed by atoms with E-state index in [9.17, 15) is 4.39 Å². The third kappa shape index (κ3) is 1.99. The highest BCUT2D eigenvalue weighted by Crippen LogP contribution is 2.23. The lowest BCUT2D eigenvalue weighted by molar-refractivity contribution is 0.479. The van der Waals surface area contributed by atoms with Crippen molar-refractivity contribution in [2.45, 2.75) is 32.9 Å². The fourth-order valence-corrected chi connectivity index (χ4v) is 1.58. The normalized spacial score (nSPS) is 12.0. The number of nitrogens with zero attached hydrogens (tertiary/aromatic N) is 1. The van der Waals surface area contributed by atoms with Crippen molar-refractivity contribution in [3.63, 3.8) is 0 Å². The van der Waals surface area contributed by atoms with E-state index in [0.29, 0.717) is 5.01 Å². The molecule has 0 fully saturated rings. The molecule has 0 amide bonds. The molecule has 0 spiro atoms. The van der Waals surface area contributed by atoms with Gasteiger partial charge in [0.2, 0.25) is 0 Å². The second-order valence-corrected chi connectivity index (χ2v) is 4.45. The van der Waals surface area contributed by atoms with E-state index in [4.69, 9.17) is 0 Å². The monoisotopic (exact) mass is 173 g/mol. The Morgan fingerprint density at radius 3 is 2.45 bits per heavy atom. The van der Waals surface area contributed by atoms with Crippen molar-refractivity contribution in [2.75, 3.05) is 0 Å². The molecule has 1 aromatic heterocycles. The molecular formula is C8H12FNS. The Morgan fingerprint density at radius 2 is 2.18 bits per heavy atom. The number of rotatable bonds is 1. The summed E-state index contributed by atoms with van der Waals surface area (Å²) >= 11 is 1.39. The van der Waals surface area contributed by atoms with Crippen molar-refractivity contribution >= 4 is 11.3 Å². The van der Waals surface area contributed by atoms with Gasteiger partial charge in [-0.15, -0.1) is 11.3 Å². The highest BCUT2D eigenvalue weighted by molar-refractivity contribution is 7.09. The molecule has 1 nitrogen and oxygen atoms in total. The number of aromatic nitrogens is 1. The van der Waals surface area contributed by atoms with Crippen molar-refractivity contribution in [1.82, 2.24) is 4.98 Å². The van der Waals surface area contributed by atoms with Crippen LogP contribution in [-0.2, 0) is 12.1 Å². The first-order chi connectivity index (χ1) is 5.04. The molecule has 0 N–H and O–H groups in total. The first-order valence-electron chi connectivity index (χ1n) is 3.55. The Bertz CT molecular complexity index is 236. The van der Waals surface area contributed by atoms with Crippen LogP contribution in [0.4, 0.5) is 4.39 Å². The Labute approximate surface area is 70.3 Å². The predicted octanol–water partition coefficient (Wildman–Crippen LogP) is 2.91. The molecule has 0 bridgehead atoms. The van der Waals surface area contributed by atoms with E-state index >= 15 is 0 Å². The number of halogens is 1. The summed E-state index contributed by atoms with van der Waals surface area (Å²) in [6, 6.07) is 0. The Morgan fingerprint density at radius 1 is 1.55 bits per heavy atom. The zero-order chi connectivity index (χ0) is 8.48. The molecule has 62 valence electrons. The SMILES string of the molecule is CC(C)(C)c1csc(CF)n1. The number of alkyl halides is 1. The minimum absolute atomic E-state index is 0.0456. The third-order valence-corrected chi connectivity index (χ3v) is 2.25. The molecule has 0 aliphatic carbocycles. The minimum Gasteiger partial charge on any atom is -0.243 e. The molecule has 1 heterocycles. The van der Waals surface area contributed by atoms with Crippen LogP contribution < -0.4 is 0 Å². The Hall–Kier alpha value is -0.440. The Kier molecular flexibility index (Phi) is 2.28. The molecule has 1 rings (SSSR count). The lowest BCUT2D eigenvalue weighted by Crippen LogP contribution is -2.11. The van der Waals surface area contributed by atoms with Crippen LogP contribution >= 0.6 is 11.3 Å². The van der Waals surface area contributed by atoms with E-state index in [1.807, 2.05) is 5.38 Å². The van der Waals surface area contributed by atoms with Crippen molar-refractivity contribution < 1.29 is 4.39 Å². The van der Waals surface area contributed by atoms with Crippen LogP contribution in [-0.4, -0.2) is 4.98 Å². The van der Waals surface area contributed by atoms with E-state index in [0.717, 1.165) is 5.69 Å². The van der Waals surface area contributed by atoms with Crippen molar-refractivity contribution in [1.29, 1.82) is 0 Å². The molecule has 0 atom stereocenters. The molecule has 0 aliphatic heterocycles. The van der Waals surface area contributed by atoms with E-state index in [-0.39, 0.29) is 5.41 Å². The summed E-state index contributed by atoms with van der Waals surface area (Å²) in [6.45, 7) is 5.78. The van der Waals surface area contributed by atoms with Gasteiger partial charge in [-0.2, -0.15) is 0 Å². The van der Waals surface area contributed by atoms with Gasteiger partial charge >= 0.3 is 0 Å². The van der Waals surface area contributed by atoms with Crippen LogP contribution in [0.15, 0.2) is 5.38 Å². The van der Waals surface area contributed by atoms with E-state index < -0.39 is 6.67 Å². The second-order valence-electron chi connectivity index (χ2n) is 3.51. The van der Waals surface area contributed by atoms with Gasteiger partial charge in [-0.05, 0) is 0 Å². The fourth-order valence-electron chi connectivity index (χ4n) is 0.717. The van der Waals surface area contributed by atoms with Gasteiger partial charge in [0.15, 0.2) is 0 Å². The lowest BCUT2D eigenvalue weighted by Gasteiger charge is -2.13. The molecule has 0 saturated carbocycles. The number of thiazole rings is 1. The predicted molar refractivity (Wildman–Crippen MR) is 45.6 cm³/mol. The van der Waals surface area contributed by atoms with Gasteiger partial charge in [-0.25, -0.2) is 9.37 Å². The molecule has 0 aliphatic rings. The molecule has 0 aromatic carbocycles. The van der Waals surface area contributed by atoms with Crippen LogP contribution in [0.25, 0.3) is 0 Å². The van der Waals surface area contributed by atoms with Gasteiger partial charge in [-0.3, -0.25) is 0 Å². The highest BCUT2D eigenvalue weighted by Gasteiger charge is 2.16. The van der Waals surface area contributed by atoms with Gasteiger partial charge in [0.1, 0.15) is 11.7 Å². The van der Waals surface area contributed by atoms with Crippen LogP contribution in [0.2, 0.25) is 0 Å². The quantitative estimate of drug-likeness (QED) is 0.636. The average molecular weight is 173 g/mol. The Balaban J connectivity index is 2.89. The molecular weight excluding hydrogens is 161 g/mol. The minimum atomic E-state index is -0.444. The maximum Gasteiger partial charge on any atom is 0.141 e. The fraction of sp³-hybridized carbons (Fsp3) is 0.625. The summed E-state index contributed by atoms with van der Waals surface area (Å²) < 4.78 is 12.1. The smallest absolute Gasteiger partial charge is 0.141 e. The maximum atomic E-state index is 12.1. The standard InChI is InChI=1S/C8H12FNS/c1-8(2,3)6-5-11-7(4-9)10-6/h5H,4H2,1-3H3. The molecule has 0 radical (unpaired) electrons. The molecule has 0 unspecified atom stereocenters. The van der Waals surface area contributed by atoms with E-state index in [2.05, 4.69) is 25.8 Å². The van der Waals surface area contributed by atoms with Gasteiger partial charge < -0.3 is 0 Å². The number of hydrogen-bond donors (Lipinski definition) is 0. The van der Waals surface area contributed by atoms with Crippen molar-refractivity contribution in [2.24, 2.45) is 0 Å². The van der Waals surface area contributed by atoms with E-state index in [1.165, 1.54) is 11.3 Å². The summed E-state index contributed by atoms with van der Waals surface area (Å²) in [6.07, 6.45) is 0. The topological polar surface area (TPSA) is 12.9 Å². The van der Waals surface area contributed by atoms with Crippen LogP contribution in [0.5, 0.6) is 0 Å². The second kappa shape index (κ2) is 2.89. The van der Waals surface area contributed by atoms with E-state index in [1.54, 1.807) is 0 Å². The third-order valence-electron chi connectivity index (χ3n) is 1.43. The summed E-state index contributed by atoms with van der Waals surface area (Å²) in [7, 11) is 0. The molecule has 11 heavy (non-hydrogen) atoms. The van der Waals surface area contributed by atoms with Crippen LogP contribution in [0, 0.1) is 0 Å². The molecule has 0 saturated heterocycles.